The van der Waals surface area contributed by atoms with Crippen LogP contribution in [0.2, 0.25) is 0 Å². The molecule has 1 fully saturated rings. The highest BCUT2D eigenvalue weighted by Gasteiger charge is 2.34. The number of nitrogens with one attached hydrogen (secondary N) is 1. The smallest absolute Gasteiger partial charge is 0.471 e. The van der Waals surface area contributed by atoms with Crippen molar-refractivity contribution in [3.05, 3.63) is 66.2 Å². The molecule has 3 aromatic carbocycles. The van der Waals surface area contributed by atoms with E-state index in [2.05, 4.69) is 10.1 Å². The average Bonchev–Trinajstić information content (AvgIpc) is 2.68. The Morgan fingerprint density at radius 1 is 0.966 bits per heavy atom. The second-order valence-corrected chi connectivity index (χ2v) is 6.97. The lowest BCUT2D eigenvalue weighted by Gasteiger charge is -2.34. The standard InChI is InChI=1S/C22H19F3NO3/c23-22(24,25)29-20-9-2-1-8-19(20)28-21-18(7-4-12-26-21)17-6-3-5-14-13-15(27)10-11-16(14)17/h1-3,5-6,8-11,13,18,21,26H,4,7,12H2. The van der Waals surface area contributed by atoms with Crippen LogP contribution in [-0.2, 0) is 5.11 Å². The highest BCUT2D eigenvalue weighted by atomic mass is 19.4. The lowest BCUT2D eigenvalue weighted by molar-refractivity contribution is -0.275. The van der Waals surface area contributed by atoms with Gasteiger partial charge in [0, 0.05) is 5.92 Å². The van der Waals surface area contributed by atoms with E-state index >= 15 is 0 Å². The summed E-state index contributed by atoms with van der Waals surface area (Å²) in [5.41, 5.74) is 0.994. The zero-order valence-corrected chi connectivity index (χ0v) is 15.4. The fourth-order valence-electron chi connectivity index (χ4n) is 3.81. The summed E-state index contributed by atoms with van der Waals surface area (Å²) < 4.78 is 48.3. The van der Waals surface area contributed by atoms with E-state index in [4.69, 9.17) is 4.74 Å². The van der Waals surface area contributed by atoms with Crippen LogP contribution in [0.25, 0.3) is 10.8 Å². The van der Waals surface area contributed by atoms with Gasteiger partial charge in [-0.05, 0) is 60.0 Å². The van der Waals surface area contributed by atoms with E-state index in [1.165, 1.54) is 24.3 Å². The molecule has 0 amide bonds. The van der Waals surface area contributed by atoms with Crippen molar-refractivity contribution in [1.82, 2.24) is 5.32 Å². The summed E-state index contributed by atoms with van der Waals surface area (Å²) in [7, 11) is 0. The molecule has 0 aliphatic carbocycles. The highest BCUT2D eigenvalue weighted by molar-refractivity contribution is 5.87. The van der Waals surface area contributed by atoms with Gasteiger partial charge in [0.2, 0.25) is 0 Å². The normalized spacial score (nSPS) is 19.8. The third-order valence-electron chi connectivity index (χ3n) is 5.02. The molecule has 0 saturated carbocycles. The van der Waals surface area contributed by atoms with Crippen molar-refractivity contribution in [2.75, 3.05) is 6.54 Å². The maximum Gasteiger partial charge on any atom is 0.573 e. The Bertz CT molecular complexity index is 1010. The van der Waals surface area contributed by atoms with Gasteiger partial charge in [-0.3, -0.25) is 10.4 Å². The first-order valence-electron chi connectivity index (χ1n) is 9.35. The van der Waals surface area contributed by atoms with Gasteiger partial charge in [-0.2, -0.15) is 0 Å². The fraction of sp³-hybridized carbons (Fsp3) is 0.273. The van der Waals surface area contributed by atoms with Crippen molar-refractivity contribution < 1.29 is 27.8 Å². The fourth-order valence-corrected chi connectivity index (χ4v) is 3.81. The highest BCUT2D eigenvalue weighted by Crippen LogP contribution is 2.38. The maximum absolute atomic E-state index is 12.7. The summed E-state index contributed by atoms with van der Waals surface area (Å²) in [6.07, 6.45) is -3.62. The number of benzene rings is 3. The average molecular weight is 402 g/mol. The molecule has 0 spiro atoms. The van der Waals surface area contributed by atoms with Crippen LogP contribution in [0.4, 0.5) is 13.2 Å². The van der Waals surface area contributed by atoms with Crippen LogP contribution < -0.4 is 14.8 Å². The molecule has 29 heavy (non-hydrogen) atoms. The Morgan fingerprint density at radius 2 is 1.76 bits per heavy atom. The second kappa shape index (κ2) is 7.83. The predicted molar refractivity (Wildman–Crippen MR) is 102 cm³/mol. The first kappa shape index (κ1) is 19.4. The van der Waals surface area contributed by atoms with Crippen molar-refractivity contribution in [1.29, 1.82) is 0 Å². The summed E-state index contributed by atoms with van der Waals surface area (Å²) in [6.45, 7) is 0.693. The van der Waals surface area contributed by atoms with Crippen molar-refractivity contribution in [2.45, 2.75) is 31.3 Å². The number of halogens is 3. The molecule has 4 nitrogen and oxygen atoms in total. The van der Waals surface area contributed by atoms with Gasteiger partial charge in [0.1, 0.15) is 0 Å². The molecule has 3 aromatic rings. The van der Waals surface area contributed by atoms with Gasteiger partial charge in [-0.25, -0.2) is 0 Å². The molecular weight excluding hydrogens is 383 g/mol. The number of ether oxygens (including phenoxy) is 2. The summed E-state index contributed by atoms with van der Waals surface area (Å²) in [6, 6.07) is 16.4. The monoisotopic (exact) mass is 402 g/mol. The van der Waals surface area contributed by atoms with Gasteiger partial charge in [0.05, 0.1) is 0 Å². The van der Waals surface area contributed by atoms with Crippen LogP contribution in [0.3, 0.4) is 0 Å². The number of alkyl halides is 3. The zero-order chi connectivity index (χ0) is 20.4. The minimum Gasteiger partial charge on any atom is -0.471 e. The SMILES string of the molecule is [O]c1ccc2c(C3CCCNC3Oc3ccccc3OC(F)(F)F)cccc2c1. The van der Waals surface area contributed by atoms with E-state index in [0.717, 1.165) is 29.2 Å². The van der Waals surface area contributed by atoms with Gasteiger partial charge in [-0.15, -0.1) is 13.2 Å². The number of para-hydroxylation sites is 2. The van der Waals surface area contributed by atoms with E-state index < -0.39 is 12.6 Å². The zero-order valence-electron chi connectivity index (χ0n) is 15.4. The molecule has 151 valence electrons. The molecule has 2 atom stereocenters. The molecule has 1 heterocycles. The first-order chi connectivity index (χ1) is 13.9. The molecule has 7 heteroatoms. The Balaban J connectivity index is 1.67. The lowest BCUT2D eigenvalue weighted by Crippen LogP contribution is -2.44. The van der Waals surface area contributed by atoms with Gasteiger partial charge in [-0.1, -0.05) is 36.4 Å². The molecule has 4 rings (SSSR count). The molecule has 2 unspecified atom stereocenters. The largest absolute Gasteiger partial charge is 0.573 e. The van der Waals surface area contributed by atoms with Crippen molar-refractivity contribution in [3.63, 3.8) is 0 Å². The van der Waals surface area contributed by atoms with Crippen LogP contribution >= 0.6 is 0 Å². The first-order valence-corrected chi connectivity index (χ1v) is 9.35. The molecular formula is C22H19F3NO3. The minimum atomic E-state index is -4.80. The van der Waals surface area contributed by atoms with E-state index in [1.807, 2.05) is 18.2 Å². The quantitative estimate of drug-likeness (QED) is 0.604. The lowest BCUT2D eigenvalue weighted by atomic mass is 9.86. The van der Waals surface area contributed by atoms with E-state index in [1.54, 1.807) is 18.2 Å². The molecule has 1 saturated heterocycles. The number of piperidine rings is 1. The van der Waals surface area contributed by atoms with Gasteiger partial charge in [0.25, 0.3) is 0 Å². The van der Waals surface area contributed by atoms with Crippen molar-refractivity contribution >= 4 is 10.8 Å². The summed E-state index contributed by atoms with van der Waals surface area (Å²) in [5.74, 6) is -0.511. The van der Waals surface area contributed by atoms with Crippen LogP contribution in [0.15, 0.2) is 60.7 Å². The van der Waals surface area contributed by atoms with Crippen LogP contribution in [0.5, 0.6) is 17.2 Å². The van der Waals surface area contributed by atoms with Gasteiger partial charge in [0.15, 0.2) is 23.5 Å². The summed E-state index contributed by atoms with van der Waals surface area (Å²) in [4.78, 5) is 0. The molecule has 0 bridgehead atoms. The summed E-state index contributed by atoms with van der Waals surface area (Å²) >= 11 is 0. The van der Waals surface area contributed by atoms with Crippen molar-refractivity contribution in [3.8, 4) is 17.2 Å². The second-order valence-electron chi connectivity index (χ2n) is 6.97. The molecule has 1 aliphatic rings. The Hall–Kier alpha value is -2.93. The third kappa shape index (κ3) is 4.40. The molecule has 1 N–H and O–H groups in total. The minimum absolute atomic E-state index is 0.0244. The van der Waals surface area contributed by atoms with Crippen LogP contribution in [0, 0.1) is 0 Å². The maximum atomic E-state index is 12.7. The number of hydrogen-bond donors (Lipinski definition) is 1. The van der Waals surface area contributed by atoms with Gasteiger partial charge >= 0.3 is 6.36 Å². The van der Waals surface area contributed by atoms with E-state index in [0.29, 0.717) is 6.54 Å². The van der Waals surface area contributed by atoms with Crippen LogP contribution in [0.1, 0.15) is 24.3 Å². The Morgan fingerprint density at radius 3 is 2.55 bits per heavy atom. The number of fused-ring (bicyclic) bond motifs is 1. The topological polar surface area (TPSA) is 50.4 Å². The number of rotatable bonds is 4. The van der Waals surface area contributed by atoms with E-state index in [-0.39, 0.29) is 23.2 Å². The Labute approximate surface area is 165 Å². The predicted octanol–water partition coefficient (Wildman–Crippen LogP) is 5.75. The molecule has 0 aromatic heterocycles. The molecule has 1 radical (unpaired) electrons. The summed E-state index contributed by atoms with van der Waals surface area (Å²) in [5, 5.41) is 16.7. The Kier molecular flexibility index (Phi) is 5.24. The van der Waals surface area contributed by atoms with Gasteiger partial charge < -0.3 is 9.47 Å². The molecule has 1 aliphatic heterocycles. The van der Waals surface area contributed by atoms with Crippen LogP contribution in [-0.4, -0.2) is 19.1 Å². The van der Waals surface area contributed by atoms with E-state index in [9.17, 15) is 18.3 Å². The van der Waals surface area contributed by atoms with Crippen molar-refractivity contribution in [2.24, 2.45) is 0 Å². The number of hydrogen-bond acceptors (Lipinski definition) is 3. The third-order valence-corrected chi connectivity index (χ3v) is 5.02.